The van der Waals surface area contributed by atoms with E-state index in [0.717, 1.165) is 0 Å². The van der Waals surface area contributed by atoms with Gasteiger partial charge in [0.05, 0.1) is 0 Å². The zero-order chi connectivity index (χ0) is 13.1. The van der Waals surface area contributed by atoms with Crippen LogP contribution in [0, 0.1) is 0 Å². The Morgan fingerprint density at radius 2 is 1.82 bits per heavy atom. The smallest absolute Gasteiger partial charge is 0.320 e. The molecule has 98 valence electrons. The van der Waals surface area contributed by atoms with E-state index in [4.69, 9.17) is 0 Å². The molecule has 0 aliphatic carbocycles. The molecule has 0 aliphatic rings. The molecule has 0 bridgehead atoms. The molecule has 1 aromatic heterocycles. The van der Waals surface area contributed by atoms with E-state index >= 15 is 0 Å². The van der Waals surface area contributed by atoms with E-state index < -0.39 is 17.1 Å². The van der Waals surface area contributed by atoms with Crippen molar-refractivity contribution in [1.82, 2.24) is 15.5 Å². The van der Waals surface area contributed by atoms with Crippen LogP contribution in [-0.4, -0.2) is 30.0 Å². The monoisotopic (exact) mass is 275 g/mol. The minimum Gasteiger partial charge on any atom is -0.320 e. The molecule has 0 aliphatic heterocycles. The summed E-state index contributed by atoms with van der Waals surface area (Å²) < 4.78 is 61.7. The minimum atomic E-state index is -5.63. The fourth-order valence-corrected chi connectivity index (χ4v) is 1.90. The first kappa shape index (κ1) is 14.2. The zero-order valence-electron chi connectivity index (χ0n) is 8.81. The van der Waals surface area contributed by atoms with Gasteiger partial charge in [-0.1, -0.05) is 11.3 Å². The molecule has 0 aromatic carbocycles. The summed E-state index contributed by atoms with van der Waals surface area (Å²) in [6.07, 6.45) is -4.70. The number of hydrogen-bond donors (Lipinski definition) is 1. The molecular weight excluding hydrogens is 265 g/mol. The first-order valence-electron chi connectivity index (χ1n) is 4.71. The lowest BCUT2D eigenvalue weighted by Gasteiger charge is -2.15. The van der Waals surface area contributed by atoms with Crippen LogP contribution in [-0.2, 0) is 12.3 Å². The van der Waals surface area contributed by atoms with Crippen molar-refractivity contribution in [1.29, 1.82) is 0 Å². The van der Waals surface area contributed by atoms with Crippen LogP contribution in [0.3, 0.4) is 0 Å². The Kier molecular flexibility index (Phi) is 4.36. The van der Waals surface area contributed by atoms with Crippen molar-refractivity contribution in [2.75, 3.05) is 13.6 Å². The summed E-state index contributed by atoms with van der Waals surface area (Å²) in [5, 5.41) is 7.95. The highest BCUT2D eigenvalue weighted by Gasteiger charge is 2.61. The Bertz CT molecular complexity index is 362. The van der Waals surface area contributed by atoms with Crippen molar-refractivity contribution in [2.24, 2.45) is 0 Å². The Labute approximate surface area is 98.0 Å². The molecule has 1 N–H and O–H groups in total. The quantitative estimate of drug-likeness (QED) is 0.662. The van der Waals surface area contributed by atoms with Crippen LogP contribution in [0.2, 0.25) is 0 Å². The molecule has 1 aromatic rings. The second-order valence-corrected chi connectivity index (χ2v) is 4.34. The van der Waals surface area contributed by atoms with Gasteiger partial charge in [-0.15, -0.1) is 10.2 Å². The van der Waals surface area contributed by atoms with Gasteiger partial charge < -0.3 is 5.32 Å². The molecule has 0 spiro atoms. The lowest BCUT2D eigenvalue weighted by molar-refractivity contribution is -0.289. The molecule has 0 saturated carbocycles. The Hall–Kier alpha value is -0.830. The molecule has 0 fully saturated rings. The van der Waals surface area contributed by atoms with E-state index in [0.29, 0.717) is 30.7 Å². The number of aromatic nitrogens is 2. The third-order valence-electron chi connectivity index (χ3n) is 1.91. The van der Waals surface area contributed by atoms with Gasteiger partial charge in [-0.25, -0.2) is 0 Å². The summed E-state index contributed by atoms with van der Waals surface area (Å²) in [5.74, 6) is -4.92. The van der Waals surface area contributed by atoms with Gasteiger partial charge in [0.25, 0.3) is 0 Å². The van der Waals surface area contributed by atoms with Crippen LogP contribution in [0.1, 0.15) is 16.4 Å². The molecule has 1 rings (SSSR count). The predicted octanol–water partition coefficient (Wildman–Crippen LogP) is 2.34. The van der Waals surface area contributed by atoms with Crippen LogP contribution in [0.5, 0.6) is 0 Å². The van der Waals surface area contributed by atoms with Crippen molar-refractivity contribution in [3.63, 3.8) is 0 Å². The normalized spacial score (nSPS) is 13.1. The van der Waals surface area contributed by atoms with Crippen LogP contribution in [0.4, 0.5) is 22.0 Å². The second kappa shape index (κ2) is 5.21. The summed E-state index contributed by atoms with van der Waals surface area (Å²) in [6, 6.07) is 0. The van der Waals surface area contributed by atoms with Gasteiger partial charge in [0.15, 0.2) is 5.01 Å². The molecule has 9 heteroatoms. The third kappa shape index (κ3) is 3.32. The molecule has 0 saturated heterocycles. The third-order valence-corrected chi connectivity index (χ3v) is 2.96. The van der Waals surface area contributed by atoms with E-state index in [1.54, 1.807) is 7.05 Å². The van der Waals surface area contributed by atoms with E-state index in [-0.39, 0.29) is 5.01 Å². The van der Waals surface area contributed by atoms with Crippen LogP contribution in [0.15, 0.2) is 0 Å². The van der Waals surface area contributed by atoms with Gasteiger partial charge in [-0.3, -0.25) is 0 Å². The number of halogens is 5. The molecule has 0 atom stereocenters. The van der Waals surface area contributed by atoms with Crippen LogP contribution >= 0.6 is 11.3 Å². The molecule has 0 unspecified atom stereocenters. The second-order valence-electron chi connectivity index (χ2n) is 3.28. The van der Waals surface area contributed by atoms with Crippen molar-refractivity contribution in [3.05, 3.63) is 10.0 Å². The number of alkyl halides is 5. The molecule has 0 amide bonds. The fourth-order valence-electron chi connectivity index (χ4n) is 1.02. The largest absolute Gasteiger partial charge is 0.460 e. The molecule has 0 radical (unpaired) electrons. The number of aryl methyl sites for hydroxylation is 1. The van der Waals surface area contributed by atoms with Crippen molar-refractivity contribution in [3.8, 4) is 0 Å². The zero-order valence-corrected chi connectivity index (χ0v) is 9.63. The van der Waals surface area contributed by atoms with E-state index in [2.05, 4.69) is 15.5 Å². The summed E-state index contributed by atoms with van der Waals surface area (Å²) in [6.45, 7) is 0.630. The Balaban J connectivity index is 2.74. The highest BCUT2D eigenvalue weighted by Crippen LogP contribution is 2.44. The maximum Gasteiger partial charge on any atom is 0.460 e. The standard InChI is InChI=1S/C8H10F5N3S/c1-14-4-2-3-5-15-16-6(17-5)7(9,10)8(11,12)13/h14H,2-4H2,1H3. The van der Waals surface area contributed by atoms with Gasteiger partial charge in [-0.05, 0) is 20.0 Å². The van der Waals surface area contributed by atoms with Gasteiger partial charge in [0.2, 0.25) is 0 Å². The van der Waals surface area contributed by atoms with Crippen LogP contribution < -0.4 is 5.32 Å². The number of rotatable bonds is 5. The Morgan fingerprint density at radius 3 is 2.35 bits per heavy atom. The first-order chi connectivity index (χ1) is 7.79. The van der Waals surface area contributed by atoms with E-state index in [9.17, 15) is 22.0 Å². The van der Waals surface area contributed by atoms with Crippen LogP contribution in [0.25, 0.3) is 0 Å². The van der Waals surface area contributed by atoms with Gasteiger partial charge >= 0.3 is 12.1 Å². The fraction of sp³-hybridized carbons (Fsp3) is 0.750. The topological polar surface area (TPSA) is 37.8 Å². The summed E-state index contributed by atoms with van der Waals surface area (Å²) in [7, 11) is 1.71. The minimum absolute atomic E-state index is 0.180. The highest BCUT2D eigenvalue weighted by molar-refractivity contribution is 7.11. The summed E-state index contributed by atoms with van der Waals surface area (Å²) in [4.78, 5) is 0. The molecule has 3 nitrogen and oxygen atoms in total. The average Bonchev–Trinajstić information content (AvgIpc) is 2.65. The molecule has 17 heavy (non-hydrogen) atoms. The number of nitrogens with one attached hydrogen (secondary N) is 1. The maximum atomic E-state index is 12.8. The number of hydrogen-bond acceptors (Lipinski definition) is 4. The van der Waals surface area contributed by atoms with E-state index in [1.807, 2.05) is 0 Å². The lowest BCUT2D eigenvalue weighted by Crippen LogP contribution is -2.33. The first-order valence-corrected chi connectivity index (χ1v) is 5.52. The number of nitrogens with zero attached hydrogens (tertiary/aromatic N) is 2. The lowest BCUT2D eigenvalue weighted by atomic mass is 10.3. The summed E-state index contributed by atoms with van der Waals surface area (Å²) >= 11 is 0.297. The van der Waals surface area contributed by atoms with Gasteiger partial charge in [-0.2, -0.15) is 22.0 Å². The van der Waals surface area contributed by atoms with Crippen molar-refractivity contribution in [2.45, 2.75) is 24.9 Å². The molecule has 1 heterocycles. The summed E-state index contributed by atoms with van der Waals surface area (Å²) in [5.41, 5.74) is 0. The van der Waals surface area contributed by atoms with E-state index in [1.165, 1.54) is 0 Å². The van der Waals surface area contributed by atoms with Crippen molar-refractivity contribution >= 4 is 11.3 Å². The van der Waals surface area contributed by atoms with Gasteiger partial charge in [0, 0.05) is 6.42 Å². The SMILES string of the molecule is CNCCCc1nnc(C(F)(F)C(F)(F)F)s1. The van der Waals surface area contributed by atoms with Crippen molar-refractivity contribution < 1.29 is 22.0 Å². The van der Waals surface area contributed by atoms with Gasteiger partial charge in [0.1, 0.15) is 5.01 Å². The maximum absolute atomic E-state index is 12.8. The molecular formula is C8H10F5N3S. The average molecular weight is 275 g/mol. The predicted molar refractivity (Wildman–Crippen MR) is 52.1 cm³/mol. The highest BCUT2D eigenvalue weighted by atomic mass is 32.1. The Morgan fingerprint density at radius 1 is 1.18 bits per heavy atom.